The predicted molar refractivity (Wildman–Crippen MR) is 86.9 cm³/mol. The number of benzene rings is 1. The van der Waals surface area contributed by atoms with Crippen LogP contribution in [0, 0.1) is 5.82 Å². The molecule has 1 fully saturated rings. The van der Waals surface area contributed by atoms with Crippen LogP contribution in [0.5, 0.6) is 0 Å². The Labute approximate surface area is 142 Å². The third-order valence-electron chi connectivity index (χ3n) is 3.96. The summed E-state index contributed by atoms with van der Waals surface area (Å²) in [5.74, 6) is -0.774. The minimum atomic E-state index is -0.655. The molecular formula is C16H17FN4O4. The van der Waals surface area contributed by atoms with Gasteiger partial charge in [0.25, 0.3) is 0 Å². The molecule has 0 radical (unpaired) electrons. The van der Waals surface area contributed by atoms with Crippen LogP contribution in [0.1, 0.15) is 18.5 Å². The minimum Gasteiger partial charge on any atom is -0.442 e. The number of hydrogen-bond donors (Lipinski definition) is 3. The highest BCUT2D eigenvalue weighted by Crippen LogP contribution is 2.32. The zero-order valence-electron chi connectivity index (χ0n) is 13.4. The number of nitrogens with zero attached hydrogens (tertiary/aromatic N) is 2. The number of anilines is 1. The topological polar surface area (TPSA) is 103 Å². The number of hydrogen-bond acceptors (Lipinski definition) is 6. The SMILES string of the molecule is CC(=O)NCC1CN(c2ccc(C3N=CC=C3NO)c(F)c2)C(=O)O1. The van der Waals surface area contributed by atoms with Gasteiger partial charge in [0.1, 0.15) is 18.0 Å². The molecule has 3 rings (SSSR count). The molecule has 2 aliphatic rings. The first kappa shape index (κ1) is 16.9. The van der Waals surface area contributed by atoms with Crippen LogP contribution in [-0.4, -0.2) is 42.6 Å². The average molecular weight is 348 g/mol. The van der Waals surface area contributed by atoms with E-state index in [0.717, 1.165) is 0 Å². The van der Waals surface area contributed by atoms with E-state index in [-0.39, 0.29) is 24.6 Å². The van der Waals surface area contributed by atoms with Crippen molar-refractivity contribution in [3.8, 4) is 0 Å². The minimum absolute atomic E-state index is 0.200. The molecule has 2 unspecified atom stereocenters. The molecule has 132 valence electrons. The number of carbonyl (C=O) groups is 2. The van der Waals surface area contributed by atoms with Gasteiger partial charge >= 0.3 is 6.09 Å². The van der Waals surface area contributed by atoms with Gasteiger partial charge in [0.2, 0.25) is 5.91 Å². The first-order valence-corrected chi connectivity index (χ1v) is 7.65. The highest BCUT2D eigenvalue weighted by Gasteiger charge is 2.33. The fourth-order valence-corrected chi connectivity index (χ4v) is 2.73. The van der Waals surface area contributed by atoms with Crippen molar-refractivity contribution >= 4 is 23.9 Å². The Hall–Kier alpha value is -2.94. The van der Waals surface area contributed by atoms with Crippen LogP contribution in [0.25, 0.3) is 0 Å². The quantitative estimate of drug-likeness (QED) is 0.696. The summed E-state index contributed by atoms with van der Waals surface area (Å²) in [4.78, 5) is 28.3. The van der Waals surface area contributed by atoms with Gasteiger partial charge in [-0.05, 0) is 18.2 Å². The lowest BCUT2D eigenvalue weighted by molar-refractivity contribution is -0.119. The molecule has 0 saturated carbocycles. The van der Waals surface area contributed by atoms with Crippen molar-refractivity contribution in [1.29, 1.82) is 0 Å². The van der Waals surface area contributed by atoms with Gasteiger partial charge in [0.15, 0.2) is 0 Å². The van der Waals surface area contributed by atoms with Crippen LogP contribution in [0.15, 0.2) is 35.0 Å². The Bertz CT molecular complexity index is 765. The lowest BCUT2D eigenvalue weighted by Gasteiger charge is -2.17. The molecule has 8 nitrogen and oxygen atoms in total. The molecule has 9 heteroatoms. The molecule has 0 aromatic heterocycles. The molecule has 2 heterocycles. The van der Waals surface area contributed by atoms with Gasteiger partial charge in [0, 0.05) is 18.7 Å². The zero-order chi connectivity index (χ0) is 18.0. The number of halogens is 1. The maximum atomic E-state index is 14.5. The van der Waals surface area contributed by atoms with Crippen molar-refractivity contribution in [3.63, 3.8) is 0 Å². The first-order chi connectivity index (χ1) is 12.0. The predicted octanol–water partition coefficient (Wildman–Crippen LogP) is 1.28. The number of nitrogens with one attached hydrogen (secondary N) is 2. The van der Waals surface area contributed by atoms with E-state index in [1.54, 1.807) is 12.1 Å². The van der Waals surface area contributed by atoms with E-state index in [1.807, 2.05) is 5.48 Å². The molecule has 25 heavy (non-hydrogen) atoms. The van der Waals surface area contributed by atoms with E-state index in [4.69, 9.17) is 9.94 Å². The molecule has 0 bridgehead atoms. The molecule has 2 amide bonds. The van der Waals surface area contributed by atoms with E-state index in [9.17, 15) is 14.0 Å². The lowest BCUT2D eigenvalue weighted by atomic mass is 10.0. The van der Waals surface area contributed by atoms with Gasteiger partial charge in [-0.15, -0.1) is 0 Å². The van der Waals surface area contributed by atoms with Crippen molar-refractivity contribution in [3.05, 3.63) is 41.4 Å². The normalized spacial score (nSPS) is 22.0. The van der Waals surface area contributed by atoms with Crippen molar-refractivity contribution in [2.45, 2.75) is 19.1 Å². The number of allylic oxidation sites excluding steroid dienone is 1. The van der Waals surface area contributed by atoms with Crippen molar-refractivity contribution in [1.82, 2.24) is 10.8 Å². The summed E-state index contributed by atoms with van der Waals surface area (Å²) in [7, 11) is 0. The van der Waals surface area contributed by atoms with Gasteiger partial charge < -0.3 is 10.1 Å². The van der Waals surface area contributed by atoms with E-state index >= 15 is 0 Å². The summed E-state index contributed by atoms with van der Waals surface area (Å²) in [6, 6.07) is 3.67. The third-order valence-corrected chi connectivity index (χ3v) is 3.96. The van der Waals surface area contributed by atoms with Crippen LogP contribution < -0.4 is 15.7 Å². The fourth-order valence-electron chi connectivity index (χ4n) is 2.73. The van der Waals surface area contributed by atoms with Crippen molar-refractivity contribution in [2.75, 3.05) is 18.0 Å². The number of ether oxygens (including phenoxy) is 1. The molecule has 2 atom stereocenters. The van der Waals surface area contributed by atoms with Gasteiger partial charge in [-0.3, -0.25) is 25.4 Å². The summed E-state index contributed by atoms with van der Waals surface area (Å²) in [5.41, 5.74) is 2.98. The molecular weight excluding hydrogens is 331 g/mol. The van der Waals surface area contributed by atoms with Crippen LogP contribution in [0.4, 0.5) is 14.9 Å². The molecule has 3 N–H and O–H groups in total. The zero-order valence-corrected chi connectivity index (χ0v) is 13.4. The Morgan fingerprint density at radius 3 is 3.00 bits per heavy atom. The number of cyclic esters (lactones) is 1. The molecule has 0 aliphatic carbocycles. The summed E-state index contributed by atoms with van der Waals surface area (Å²) in [6.45, 7) is 1.78. The Kier molecular flexibility index (Phi) is 4.66. The summed E-state index contributed by atoms with van der Waals surface area (Å²) in [6.07, 6.45) is 1.93. The van der Waals surface area contributed by atoms with Crippen LogP contribution >= 0.6 is 0 Å². The third kappa shape index (κ3) is 3.45. The Morgan fingerprint density at radius 1 is 1.52 bits per heavy atom. The Morgan fingerprint density at radius 2 is 2.32 bits per heavy atom. The highest BCUT2D eigenvalue weighted by molar-refractivity contribution is 5.90. The second-order valence-corrected chi connectivity index (χ2v) is 5.69. The van der Waals surface area contributed by atoms with Gasteiger partial charge in [-0.2, -0.15) is 0 Å². The van der Waals surface area contributed by atoms with Crippen molar-refractivity contribution in [2.24, 2.45) is 4.99 Å². The molecule has 1 aromatic rings. The van der Waals surface area contributed by atoms with E-state index in [0.29, 0.717) is 11.4 Å². The van der Waals surface area contributed by atoms with E-state index in [2.05, 4.69) is 10.3 Å². The second-order valence-electron chi connectivity index (χ2n) is 5.69. The fraction of sp³-hybridized carbons (Fsp3) is 0.312. The maximum absolute atomic E-state index is 14.5. The van der Waals surface area contributed by atoms with Crippen LogP contribution in [0.3, 0.4) is 0 Å². The van der Waals surface area contributed by atoms with Gasteiger partial charge in [-0.25, -0.2) is 9.18 Å². The van der Waals surface area contributed by atoms with Gasteiger partial charge in [0.05, 0.1) is 24.5 Å². The molecule has 0 spiro atoms. The number of amides is 2. The second kappa shape index (κ2) is 6.89. The number of carbonyl (C=O) groups excluding carboxylic acids is 2. The van der Waals surface area contributed by atoms with E-state index in [1.165, 1.54) is 30.2 Å². The largest absolute Gasteiger partial charge is 0.442 e. The Balaban J connectivity index is 1.75. The number of hydroxylamine groups is 1. The summed E-state index contributed by atoms with van der Waals surface area (Å²) < 4.78 is 19.7. The molecule has 2 aliphatic heterocycles. The van der Waals surface area contributed by atoms with E-state index < -0.39 is 24.1 Å². The van der Waals surface area contributed by atoms with Gasteiger partial charge in [-0.1, -0.05) is 6.07 Å². The average Bonchev–Trinajstić information content (AvgIpc) is 3.19. The highest BCUT2D eigenvalue weighted by atomic mass is 19.1. The smallest absolute Gasteiger partial charge is 0.414 e. The summed E-state index contributed by atoms with van der Waals surface area (Å²) in [5, 5.41) is 11.6. The van der Waals surface area contributed by atoms with Crippen LogP contribution in [0.2, 0.25) is 0 Å². The lowest BCUT2D eigenvalue weighted by Crippen LogP contribution is -2.33. The molecule has 1 aromatic carbocycles. The standard InChI is InChI=1S/C16H17FN4O4/c1-9(22)19-7-11-8-21(16(23)25-11)10-2-3-12(13(17)6-10)15-14(20-24)4-5-18-15/h2-6,11,15,20,24H,7-8H2,1H3,(H,19,22). The summed E-state index contributed by atoms with van der Waals surface area (Å²) >= 11 is 0. The van der Waals surface area contributed by atoms with Crippen molar-refractivity contribution < 1.29 is 23.9 Å². The first-order valence-electron chi connectivity index (χ1n) is 7.65. The maximum Gasteiger partial charge on any atom is 0.414 e. The molecule has 1 saturated heterocycles. The van der Waals surface area contributed by atoms with Crippen LogP contribution in [-0.2, 0) is 9.53 Å². The number of aliphatic imine (C=N–C) groups is 1. The monoisotopic (exact) mass is 348 g/mol. The number of rotatable bonds is 5.